The fourth-order valence-electron chi connectivity index (χ4n) is 2.10. The van der Waals surface area contributed by atoms with Crippen molar-refractivity contribution in [2.75, 3.05) is 5.73 Å². The Morgan fingerprint density at radius 3 is 2.56 bits per heavy atom. The molecule has 1 fully saturated rings. The number of rotatable bonds is 2. The van der Waals surface area contributed by atoms with Gasteiger partial charge >= 0.3 is 0 Å². The summed E-state index contributed by atoms with van der Waals surface area (Å²) in [6.45, 7) is 0. The summed E-state index contributed by atoms with van der Waals surface area (Å²) in [6, 6.07) is 5.30. The highest BCUT2D eigenvalue weighted by molar-refractivity contribution is 7.85. The maximum absolute atomic E-state index is 12.3. The molecule has 16 heavy (non-hydrogen) atoms. The third-order valence-electron chi connectivity index (χ3n) is 3.06. The highest BCUT2D eigenvalue weighted by atomic mass is 35.5. The molecule has 0 spiro atoms. The average molecular weight is 258 g/mol. The molecular formula is C12H16ClNOS. The van der Waals surface area contributed by atoms with Gasteiger partial charge in [-0.15, -0.1) is 0 Å². The molecule has 88 valence electrons. The zero-order valence-corrected chi connectivity index (χ0v) is 10.7. The Labute approximate surface area is 104 Å². The van der Waals surface area contributed by atoms with Crippen molar-refractivity contribution >= 4 is 28.1 Å². The number of benzene rings is 1. The Morgan fingerprint density at radius 1 is 1.25 bits per heavy atom. The quantitative estimate of drug-likeness (QED) is 0.826. The molecule has 4 heteroatoms. The molecule has 0 saturated heterocycles. The summed E-state index contributed by atoms with van der Waals surface area (Å²) in [5, 5.41) is 0.801. The first-order chi connectivity index (χ1) is 7.68. The minimum atomic E-state index is -0.928. The van der Waals surface area contributed by atoms with Gasteiger partial charge in [0.1, 0.15) is 0 Å². The van der Waals surface area contributed by atoms with Crippen molar-refractivity contribution in [3.8, 4) is 0 Å². The maximum Gasteiger partial charge on any atom is 0.0647 e. The Bertz CT molecular complexity index is 402. The van der Waals surface area contributed by atoms with Gasteiger partial charge in [0, 0.05) is 10.1 Å². The van der Waals surface area contributed by atoms with Gasteiger partial charge < -0.3 is 5.73 Å². The summed E-state index contributed by atoms with van der Waals surface area (Å²) in [5.74, 6) is 0. The van der Waals surface area contributed by atoms with Crippen LogP contribution < -0.4 is 5.73 Å². The van der Waals surface area contributed by atoms with Crippen LogP contribution in [0.25, 0.3) is 0 Å². The van der Waals surface area contributed by atoms with E-state index in [1.807, 2.05) is 6.07 Å². The van der Waals surface area contributed by atoms with Crippen molar-refractivity contribution in [3.05, 3.63) is 23.2 Å². The summed E-state index contributed by atoms with van der Waals surface area (Å²) in [4.78, 5) is 0.811. The lowest BCUT2D eigenvalue weighted by Gasteiger charge is -2.21. The first kappa shape index (κ1) is 11.9. The summed E-state index contributed by atoms with van der Waals surface area (Å²) >= 11 is 5.94. The minimum absolute atomic E-state index is 0.299. The smallest absolute Gasteiger partial charge is 0.0647 e. The van der Waals surface area contributed by atoms with Crippen LogP contribution in [0.4, 0.5) is 5.69 Å². The van der Waals surface area contributed by atoms with E-state index in [1.54, 1.807) is 12.1 Å². The van der Waals surface area contributed by atoms with Gasteiger partial charge in [0.05, 0.1) is 21.5 Å². The van der Waals surface area contributed by atoms with Crippen molar-refractivity contribution < 1.29 is 4.21 Å². The van der Waals surface area contributed by atoms with Crippen LogP contribution in [0.3, 0.4) is 0 Å². The fraction of sp³-hybridized carbons (Fsp3) is 0.500. The fourth-order valence-corrected chi connectivity index (χ4v) is 3.93. The molecule has 0 aliphatic heterocycles. The number of hydrogen-bond donors (Lipinski definition) is 1. The molecule has 0 heterocycles. The third kappa shape index (κ3) is 2.58. The monoisotopic (exact) mass is 257 g/mol. The molecule has 2 nitrogen and oxygen atoms in total. The largest absolute Gasteiger partial charge is 0.398 e. The molecule has 2 N–H and O–H groups in total. The van der Waals surface area contributed by atoms with Crippen molar-refractivity contribution in [3.63, 3.8) is 0 Å². The number of anilines is 1. The SMILES string of the molecule is Nc1ccc(S(=O)C2CCCCC2)cc1Cl. The maximum atomic E-state index is 12.3. The Kier molecular flexibility index (Phi) is 3.87. The predicted molar refractivity (Wildman–Crippen MR) is 69.1 cm³/mol. The van der Waals surface area contributed by atoms with Gasteiger partial charge in [-0.05, 0) is 31.0 Å². The van der Waals surface area contributed by atoms with Crippen molar-refractivity contribution in [2.24, 2.45) is 0 Å². The predicted octanol–water partition coefficient (Wildman–Crippen LogP) is 3.36. The summed E-state index contributed by atoms with van der Waals surface area (Å²) in [5.41, 5.74) is 6.18. The van der Waals surface area contributed by atoms with Gasteiger partial charge in [-0.25, -0.2) is 0 Å². The lowest BCUT2D eigenvalue weighted by atomic mass is 10.0. The zero-order chi connectivity index (χ0) is 11.5. The average Bonchev–Trinajstić information content (AvgIpc) is 2.33. The van der Waals surface area contributed by atoms with E-state index < -0.39 is 10.8 Å². The van der Waals surface area contributed by atoms with Gasteiger partial charge in [0.2, 0.25) is 0 Å². The van der Waals surface area contributed by atoms with E-state index in [9.17, 15) is 4.21 Å². The van der Waals surface area contributed by atoms with Gasteiger partial charge in [-0.3, -0.25) is 4.21 Å². The summed E-state index contributed by atoms with van der Waals surface area (Å²) in [7, 11) is -0.928. The van der Waals surface area contributed by atoms with Gasteiger partial charge in [0.25, 0.3) is 0 Å². The lowest BCUT2D eigenvalue weighted by Crippen LogP contribution is -2.18. The normalized spacial score (nSPS) is 19.6. The topological polar surface area (TPSA) is 43.1 Å². The van der Waals surface area contributed by atoms with Gasteiger partial charge in [-0.2, -0.15) is 0 Å². The molecular weight excluding hydrogens is 242 g/mol. The standard InChI is InChI=1S/C12H16ClNOS/c13-11-8-10(6-7-12(11)14)16(15)9-4-2-1-3-5-9/h6-9H,1-5,14H2. The second kappa shape index (κ2) is 5.19. The molecule has 1 saturated carbocycles. The molecule has 0 aromatic heterocycles. The summed E-state index contributed by atoms with van der Waals surface area (Å²) < 4.78 is 12.3. The van der Waals surface area contributed by atoms with Crippen LogP contribution in [-0.2, 0) is 10.8 Å². The second-order valence-electron chi connectivity index (χ2n) is 4.24. The van der Waals surface area contributed by atoms with Crippen molar-refractivity contribution in [1.82, 2.24) is 0 Å². The van der Waals surface area contributed by atoms with Crippen LogP contribution >= 0.6 is 11.6 Å². The molecule has 1 aliphatic rings. The molecule has 0 amide bonds. The van der Waals surface area contributed by atoms with Crippen LogP contribution in [-0.4, -0.2) is 9.46 Å². The van der Waals surface area contributed by atoms with Gasteiger partial charge in [0.15, 0.2) is 0 Å². The third-order valence-corrected chi connectivity index (χ3v) is 5.18. The number of hydrogen-bond acceptors (Lipinski definition) is 2. The molecule has 1 aliphatic carbocycles. The number of nitrogen functional groups attached to an aromatic ring is 1. The van der Waals surface area contributed by atoms with E-state index in [0.29, 0.717) is 16.0 Å². The minimum Gasteiger partial charge on any atom is -0.398 e. The molecule has 1 aromatic rings. The van der Waals surface area contributed by atoms with Crippen LogP contribution in [0.5, 0.6) is 0 Å². The first-order valence-corrected chi connectivity index (χ1v) is 7.23. The van der Waals surface area contributed by atoms with E-state index in [0.717, 1.165) is 17.7 Å². The molecule has 2 rings (SSSR count). The molecule has 1 atom stereocenters. The van der Waals surface area contributed by atoms with E-state index in [1.165, 1.54) is 19.3 Å². The highest BCUT2D eigenvalue weighted by Gasteiger charge is 2.21. The number of nitrogens with two attached hydrogens (primary N) is 1. The Balaban J connectivity index is 2.16. The van der Waals surface area contributed by atoms with E-state index >= 15 is 0 Å². The van der Waals surface area contributed by atoms with Crippen molar-refractivity contribution in [1.29, 1.82) is 0 Å². The Morgan fingerprint density at radius 2 is 1.94 bits per heavy atom. The molecule has 1 unspecified atom stereocenters. The zero-order valence-electron chi connectivity index (χ0n) is 9.12. The highest BCUT2D eigenvalue weighted by Crippen LogP contribution is 2.28. The summed E-state index contributed by atoms with van der Waals surface area (Å²) in [6.07, 6.45) is 5.79. The molecule has 1 aromatic carbocycles. The lowest BCUT2D eigenvalue weighted by molar-refractivity contribution is 0.504. The van der Waals surface area contributed by atoms with Crippen LogP contribution in [0.1, 0.15) is 32.1 Å². The first-order valence-electron chi connectivity index (χ1n) is 5.64. The van der Waals surface area contributed by atoms with Gasteiger partial charge in [-0.1, -0.05) is 30.9 Å². The number of halogens is 1. The van der Waals surface area contributed by atoms with Crippen LogP contribution in [0.15, 0.2) is 23.1 Å². The second-order valence-corrected chi connectivity index (χ2v) is 6.38. The van der Waals surface area contributed by atoms with E-state index in [-0.39, 0.29) is 0 Å². The van der Waals surface area contributed by atoms with Crippen LogP contribution in [0.2, 0.25) is 5.02 Å². The van der Waals surface area contributed by atoms with E-state index in [2.05, 4.69) is 0 Å². The van der Waals surface area contributed by atoms with Crippen LogP contribution in [0, 0.1) is 0 Å². The molecule has 0 bridgehead atoms. The Hall–Kier alpha value is -0.540. The van der Waals surface area contributed by atoms with E-state index in [4.69, 9.17) is 17.3 Å². The van der Waals surface area contributed by atoms with Crippen molar-refractivity contribution in [2.45, 2.75) is 42.2 Å². The molecule has 0 radical (unpaired) electrons.